The average Bonchev–Trinajstić information content (AvgIpc) is 2.46. The molecule has 1 aromatic carbocycles. The van der Waals surface area contributed by atoms with Crippen molar-refractivity contribution in [3.05, 3.63) is 53.9 Å². The zero-order valence-electron chi connectivity index (χ0n) is 10.9. The van der Waals surface area contributed by atoms with Gasteiger partial charge in [0.05, 0.1) is 5.69 Å². The van der Waals surface area contributed by atoms with Crippen LogP contribution in [0.15, 0.2) is 42.6 Å². The van der Waals surface area contributed by atoms with Gasteiger partial charge in [0.1, 0.15) is 0 Å². The maximum Gasteiger partial charge on any atom is 0.0560 e. The summed E-state index contributed by atoms with van der Waals surface area (Å²) in [6.07, 6.45) is 2.87. The summed E-state index contributed by atoms with van der Waals surface area (Å²) in [6.45, 7) is 2.63. The van der Waals surface area contributed by atoms with Crippen LogP contribution < -0.4 is 10.6 Å². The Kier molecular flexibility index (Phi) is 3.95. The Hall–Kier alpha value is -1.87. The lowest BCUT2D eigenvalue weighted by atomic mass is 10.1. The van der Waals surface area contributed by atoms with Crippen molar-refractivity contribution in [1.82, 2.24) is 4.98 Å². The molecule has 0 aliphatic heterocycles. The van der Waals surface area contributed by atoms with Gasteiger partial charge in [-0.05, 0) is 36.2 Å². The third kappa shape index (κ3) is 2.68. The number of rotatable bonds is 4. The van der Waals surface area contributed by atoms with E-state index < -0.39 is 0 Å². The molecule has 2 aromatic rings. The third-order valence-electron chi connectivity index (χ3n) is 3.13. The number of nitrogens with zero attached hydrogens (tertiary/aromatic N) is 2. The second-order valence-corrected chi connectivity index (χ2v) is 4.29. The van der Waals surface area contributed by atoms with E-state index in [1.54, 1.807) is 6.20 Å². The fourth-order valence-corrected chi connectivity index (χ4v) is 1.89. The van der Waals surface area contributed by atoms with Gasteiger partial charge in [-0.25, -0.2) is 0 Å². The summed E-state index contributed by atoms with van der Waals surface area (Å²) in [5, 5.41) is 0. The number of anilines is 2. The number of aromatic nitrogens is 1. The van der Waals surface area contributed by atoms with Gasteiger partial charge in [0.25, 0.3) is 0 Å². The van der Waals surface area contributed by atoms with Crippen LogP contribution in [0.3, 0.4) is 0 Å². The highest BCUT2D eigenvalue weighted by atomic mass is 15.1. The highest BCUT2D eigenvalue weighted by molar-refractivity contribution is 5.62. The average molecular weight is 241 g/mol. The maximum absolute atomic E-state index is 5.61. The molecule has 0 bridgehead atoms. The van der Waals surface area contributed by atoms with E-state index in [0.717, 1.165) is 17.8 Å². The lowest BCUT2D eigenvalue weighted by Gasteiger charge is -2.20. The molecule has 0 fully saturated rings. The van der Waals surface area contributed by atoms with Crippen LogP contribution in [0.1, 0.15) is 18.2 Å². The predicted molar refractivity (Wildman–Crippen MR) is 76.0 cm³/mol. The monoisotopic (exact) mass is 241 g/mol. The molecule has 94 valence electrons. The Morgan fingerprint density at radius 3 is 2.44 bits per heavy atom. The van der Waals surface area contributed by atoms with Gasteiger partial charge in [0.15, 0.2) is 0 Å². The fraction of sp³-hybridized carbons (Fsp3) is 0.267. The first-order valence-electron chi connectivity index (χ1n) is 6.22. The molecule has 0 atom stereocenters. The van der Waals surface area contributed by atoms with Crippen LogP contribution in [-0.4, -0.2) is 12.0 Å². The Labute approximate surface area is 108 Å². The van der Waals surface area contributed by atoms with E-state index in [2.05, 4.69) is 48.1 Å². The summed E-state index contributed by atoms with van der Waals surface area (Å²) in [4.78, 5) is 6.35. The molecule has 1 aromatic heterocycles. The Morgan fingerprint density at radius 2 is 1.83 bits per heavy atom. The van der Waals surface area contributed by atoms with E-state index in [4.69, 9.17) is 5.73 Å². The normalized spacial score (nSPS) is 10.4. The van der Waals surface area contributed by atoms with Crippen molar-refractivity contribution in [2.24, 2.45) is 5.73 Å². The summed E-state index contributed by atoms with van der Waals surface area (Å²) in [5.41, 5.74) is 10.1. The highest BCUT2D eigenvalue weighted by Crippen LogP contribution is 2.23. The van der Waals surface area contributed by atoms with Gasteiger partial charge in [-0.2, -0.15) is 0 Å². The molecule has 0 aliphatic carbocycles. The molecule has 0 radical (unpaired) electrons. The van der Waals surface area contributed by atoms with Crippen LogP contribution in [0, 0.1) is 0 Å². The van der Waals surface area contributed by atoms with Crippen LogP contribution in [0.4, 0.5) is 11.4 Å². The van der Waals surface area contributed by atoms with E-state index in [1.165, 1.54) is 11.3 Å². The minimum Gasteiger partial charge on any atom is -0.345 e. The van der Waals surface area contributed by atoms with Crippen LogP contribution in [0.5, 0.6) is 0 Å². The molecule has 3 nitrogen and oxygen atoms in total. The van der Waals surface area contributed by atoms with Crippen molar-refractivity contribution in [3.63, 3.8) is 0 Å². The molecular weight excluding hydrogens is 222 g/mol. The number of nitrogens with two attached hydrogens (primary N) is 1. The van der Waals surface area contributed by atoms with E-state index in [-0.39, 0.29) is 0 Å². The first-order chi connectivity index (χ1) is 8.74. The molecule has 0 saturated carbocycles. The van der Waals surface area contributed by atoms with Gasteiger partial charge in [-0.3, -0.25) is 4.98 Å². The summed E-state index contributed by atoms with van der Waals surface area (Å²) in [5.74, 6) is 0. The van der Waals surface area contributed by atoms with E-state index in [0.29, 0.717) is 6.54 Å². The van der Waals surface area contributed by atoms with Crippen molar-refractivity contribution in [2.45, 2.75) is 19.9 Å². The minimum absolute atomic E-state index is 0.469. The molecule has 2 N–H and O–H groups in total. The standard InChI is InChI=1S/C15H19N3/c1-3-12-4-6-14(7-5-12)18(2)15-8-9-17-13(10-15)11-16/h4-10H,3,11,16H2,1-2H3. The minimum atomic E-state index is 0.469. The SMILES string of the molecule is CCc1ccc(N(C)c2ccnc(CN)c2)cc1. The second-order valence-electron chi connectivity index (χ2n) is 4.29. The number of pyridine rings is 1. The van der Waals surface area contributed by atoms with Crippen LogP contribution in [0.25, 0.3) is 0 Å². The Morgan fingerprint density at radius 1 is 1.11 bits per heavy atom. The van der Waals surface area contributed by atoms with E-state index >= 15 is 0 Å². The molecule has 0 amide bonds. The Balaban J connectivity index is 2.25. The van der Waals surface area contributed by atoms with Crippen molar-refractivity contribution in [2.75, 3.05) is 11.9 Å². The molecule has 0 saturated heterocycles. The summed E-state index contributed by atoms with van der Waals surface area (Å²) < 4.78 is 0. The van der Waals surface area contributed by atoms with Gasteiger partial charge in [0, 0.05) is 31.2 Å². The zero-order valence-corrected chi connectivity index (χ0v) is 10.9. The van der Waals surface area contributed by atoms with Crippen molar-refractivity contribution in [3.8, 4) is 0 Å². The maximum atomic E-state index is 5.61. The first-order valence-corrected chi connectivity index (χ1v) is 6.22. The van der Waals surface area contributed by atoms with Gasteiger partial charge in [-0.15, -0.1) is 0 Å². The summed E-state index contributed by atoms with van der Waals surface area (Å²) >= 11 is 0. The van der Waals surface area contributed by atoms with E-state index in [9.17, 15) is 0 Å². The van der Waals surface area contributed by atoms with Gasteiger partial charge in [-0.1, -0.05) is 19.1 Å². The van der Waals surface area contributed by atoms with Crippen molar-refractivity contribution in [1.29, 1.82) is 0 Å². The smallest absolute Gasteiger partial charge is 0.0560 e. The molecule has 3 heteroatoms. The second kappa shape index (κ2) is 5.65. The zero-order chi connectivity index (χ0) is 13.0. The largest absolute Gasteiger partial charge is 0.345 e. The predicted octanol–water partition coefficient (Wildman–Crippen LogP) is 2.87. The molecule has 0 aliphatic rings. The topological polar surface area (TPSA) is 42.2 Å². The molecule has 18 heavy (non-hydrogen) atoms. The number of benzene rings is 1. The van der Waals surface area contributed by atoms with E-state index in [1.807, 2.05) is 12.1 Å². The lowest BCUT2D eigenvalue weighted by Crippen LogP contribution is -2.10. The Bertz CT molecular complexity index is 505. The molecule has 2 rings (SSSR count). The third-order valence-corrected chi connectivity index (χ3v) is 3.13. The molecular formula is C15H19N3. The highest BCUT2D eigenvalue weighted by Gasteiger charge is 2.04. The van der Waals surface area contributed by atoms with Gasteiger partial charge < -0.3 is 10.6 Å². The van der Waals surface area contributed by atoms with Crippen LogP contribution in [-0.2, 0) is 13.0 Å². The summed E-state index contributed by atoms with van der Waals surface area (Å²) in [6, 6.07) is 12.6. The van der Waals surface area contributed by atoms with Crippen LogP contribution >= 0.6 is 0 Å². The molecule has 0 unspecified atom stereocenters. The van der Waals surface area contributed by atoms with Gasteiger partial charge >= 0.3 is 0 Å². The number of hydrogen-bond acceptors (Lipinski definition) is 3. The molecule has 1 heterocycles. The fourth-order valence-electron chi connectivity index (χ4n) is 1.89. The van der Waals surface area contributed by atoms with Crippen LogP contribution in [0.2, 0.25) is 0 Å². The quantitative estimate of drug-likeness (QED) is 0.895. The summed E-state index contributed by atoms with van der Waals surface area (Å²) in [7, 11) is 2.05. The molecule has 0 spiro atoms. The first kappa shape index (κ1) is 12.6. The van der Waals surface area contributed by atoms with Crippen molar-refractivity contribution >= 4 is 11.4 Å². The lowest BCUT2D eigenvalue weighted by molar-refractivity contribution is 0.985. The number of aryl methyl sites for hydroxylation is 1. The van der Waals surface area contributed by atoms with Gasteiger partial charge in [0.2, 0.25) is 0 Å². The van der Waals surface area contributed by atoms with Crippen molar-refractivity contribution < 1.29 is 0 Å². The number of hydrogen-bond donors (Lipinski definition) is 1.